The molecular weight excluding hydrogens is 357 g/mol. The first-order chi connectivity index (χ1) is 12.5. The average Bonchev–Trinajstić information content (AvgIpc) is 2.63. The Labute approximate surface area is 149 Å². The van der Waals surface area contributed by atoms with E-state index in [0.717, 1.165) is 24.3 Å². The van der Waals surface area contributed by atoms with Gasteiger partial charge in [-0.2, -0.15) is 10.2 Å². The van der Waals surface area contributed by atoms with Crippen LogP contribution in [-0.2, 0) is 10.0 Å². The molecule has 0 radical (unpaired) electrons. The Balaban J connectivity index is 1.78. The van der Waals surface area contributed by atoms with E-state index < -0.39 is 15.8 Å². The summed E-state index contributed by atoms with van der Waals surface area (Å²) in [5, 5.41) is 11.7. The zero-order valence-electron chi connectivity index (χ0n) is 13.2. The molecule has 0 saturated carbocycles. The molecule has 2 N–H and O–H groups in total. The van der Waals surface area contributed by atoms with Crippen molar-refractivity contribution < 1.29 is 12.8 Å². The first-order valence-electron chi connectivity index (χ1n) is 7.35. The summed E-state index contributed by atoms with van der Waals surface area (Å²) in [5.74, 6) is -0.297. The second-order valence-electron chi connectivity index (χ2n) is 5.14. The van der Waals surface area contributed by atoms with Gasteiger partial charge in [0, 0.05) is 11.9 Å². The van der Waals surface area contributed by atoms with E-state index in [2.05, 4.69) is 20.0 Å². The van der Waals surface area contributed by atoms with Crippen molar-refractivity contribution in [3.8, 4) is 6.07 Å². The van der Waals surface area contributed by atoms with Gasteiger partial charge >= 0.3 is 0 Å². The van der Waals surface area contributed by atoms with Gasteiger partial charge in [0.25, 0.3) is 10.0 Å². The summed E-state index contributed by atoms with van der Waals surface area (Å²) in [7, 11) is -3.90. The van der Waals surface area contributed by atoms with E-state index in [1.54, 1.807) is 24.3 Å². The highest BCUT2D eigenvalue weighted by atomic mass is 32.2. The topological polar surface area (TPSA) is 108 Å². The predicted molar refractivity (Wildman–Crippen MR) is 93.7 cm³/mol. The zero-order chi connectivity index (χ0) is 18.6. The van der Waals surface area contributed by atoms with Crippen LogP contribution in [0.3, 0.4) is 0 Å². The van der Waals surface area contributed by atoms with Gasteiger partial charge in [0.2, 0.25) is 5.95 Å². The van der Waals surface area contributed by atoms with E-state index in [-0.39, 0.29) is 16.7 Å². The molecule has 130 valence electrons. The van der Waals surface area contributed by atoms with Crippen LogP contribution >= 0.6 is 0 Å². The lowest BCUT2D eigenvalue weighted by Gasteiger charge is -2.09. The molecule has 9 heteroatoms. The predicted octanol–water partition coefficient (Wildman–Crippen LogP) is 3.03. The number of benzene rings is 2. The van der Waals surface area contributed by atoms with Gasteiger partial charge in [-0.15, -0.1) is 0 Å². The lowest BCUT2D eigenvalue weighted by atomic mass is 10.2. The SMILES string of the molecule is N#Cc1ccc(Nc2nccc(NS(=O)(=O)c3ccc(F)cc3)n2)cc1. The molecule has 0 saturated heterocycles. The molecule has 0 fully saturated rings. The Morgan fingerprint density at radius 3 is 2.35 bits per heavy atom. The van der Waals surface area contributed by atoms with Gasteiger partial charge in [0.15, 0.2) is 0 Å². The molecule has 0 atom stereocenters. The number of hydrogen-bond donors (Lipinski definition) is 2. The summed E-state index contributed by atoms with van der Waals surface area (Å²) in [6, 6.07) is 14.5. The van der Waals surface area contributed by atoms with Crippen LogP contribution in [0.15, 0.2) is 65.7 Å². The zero-order valence-corrected chi connectivity index (χ0v) is 14.0. The summed E-state index contributed by atoms with van der Waals surface area (Å²) in [4.78, 5) is 8.02. The third-order valence-electron chi connectivity index (χ3n) is 3.29. The monoisotopic (exact) mass is 369 g/mol. The first-order valence-corrected chi connectivity index (χ1v) is 8.83. The number of anilines is 3. The molecule has 26 heavy (non-hydrogen) atoms. The van der Waals surface area contributed by atoms with Crippen molar-refractivity contribution in [2.24, 2.45) is 0 Å². The fourth-order valence-corrected chi connectivity index (χ4v) is 3.04. The van der Waals surface area contributed by atoms with Crippen LogP contribution < -0.4 is 10.0 Å². The Morgan fingerprint density at radius 1 is 1.00 bits per heavy atom. The van der Waals surface area contributed by atoms with Gasteiger partial charge < -0.3 is 5.32 Å². The maximum atomic E-state index is 12.9. The molecule has 0 amide bonds. The Hall–Kier alpha value is -3.51. The fourth-order valence-electron chi connectivity index (χ4n) is 2.04. The first kappa shape index (κ1) is 17.3. The molecule has 0 aliphatic heterocycles. The van der Waals surface area contributed by atoms with Crippen LogP contribution in [0.2, 0.25) is 0 Å². The summed E-state index contributed by atoms with van der Waals surface area (Å²) >= 11 is 0. The highest BCUT2D eigenvalue weighted by Gasteiger charge is 2.15. The minimum atomic E-state index is -3.90. The van der Waals surface area contributed by atoms with Gasteiger partial charge in [-0.25, -0.2) is 17.8 Å². The number of nitrogens with one attached hydrogen (secondary N) is 2. The van der Waals surface area contributed by atoms with Crippen LogP contribution in [0.1, 0.15) is 5.56 Å². The van der Waals surface area contributed by atoms with E-state index in [9.17, 15) is 12.8 Å². The van der Waals surface area contributed by atoms with Crippen molar-refractivity contribution in [2.75, 3.05) is 10.0 Å². The summed E-state index contributed by atoms with van der Waals surface area (Å²) in [5.41, 5.74) is 1.15. The van der Waals surface area contributed by atoms with Crippen LogP contribution in [0, 0.1) is 17.1 Å². The fraction of sp³-hybridized carbons (Fsp3) is 0. The Kier molecular flexibility index (Phi) is 4.77. The van der Waals surface area contributed by atoms with E-state index in [1.807, 2.05) is 6.07 Å². The summed E-state index contributed by atoms with van der Waals surface area (Å²) in [6.07, 6.45) is 1.39. The number of rotatable bonds is 5. The molecule has 2 aromatic carbocycles. The maximum Gasteiger partial charge on any atom is 0.263 e. The molecule has 7 nitrogen and oxygen atoms in total. The third kappa shape index (κ3) is 4.12. The van der Waals surface area contributed by atoms with Crippen molar-refractivity contribution >= 4 is 27.5 Å². The van der Waals surface area contributed by atoms with E-state index >= 15 is 0 Å². The van der Waals surface area contributed by atoms with Crippen LogP contribution in [0.25, 0.3) is 0 Å². The quantitative estimate of drug-likeness (QED) is 0.716. The van der Waals surface area contributed by atoms with Crippen molar-refractivity contribution in [1.29, 1.82) is 5.26 Å². The van der Waals surface area contributed by atoms with E-state index in [0.29, 0.717) is 11.3 Å². The molecule has 3 rings (SSSR count). The number of aromatic nitrogens is 2. The largest absolute Gasteiger partial charge is 0.324 e. The van der Waals surface area contributed by atoms with E-state index in [4.69, 9.17) is 5.26 Å². The van der Waals surface area contributed by atoms with Crippen molar-refractivity contribution in [3.63, 3.8) is 0 Å². The molecule has 0 unspecified atom stereocenters. The number of sulfonamides is 1. The summed E-state index contributed by atoms with van der Waals surface area (Å²) < 4.78 is 39.9. The van der Waals surface area contributed by atoms with Crippen molar-refractivity contribution in [3.05, 3.63) is 72.2 Å². The summed E-state index contributed by atoms with van der Waals surface area (Å²) in [6.45, 7) is 0. The molecule has 0 aliphatic rings. The average molecular weight is 369 g/mol. The minimum absolute atomic E-state index is 0.0560. The molecule has 3 aromatic rings. The van der Waals surface area contributed by atoms with Crippen LogP contribution in [0.5, 0.6) is 0 Å². The number of halogens is 1. The van der Waals surface area contributed by atoms with Gasteiger partial charge in [0.1, 0.15) is 11.6 Å². The molecular formula is C17H12FN5O2S. The van der Waals surface area contributed by atoms with Gasteiger partial charge in [-0.3, -0.25) is 4.72 Å². The van der Waals surface area contributed by atoms with Gasteiger partial charge in [-0.1, -0.05) is 0 Å². The lowest BCUT2D eigenvalue weighted by molar-refractivity contribution is 0.599. The highest BCUT2D eigenvalue weighted by molar-refractivity contribution is 7.92. The minimum Gasteiger partial charge on any atom is -0.324 e. The third-order valence-corrected chi connectivity index (χ3v) is 4.66. The molecule has 1 heterocycles. The van der Waals surface area contributed by atoms with Gasteiger partial charge in [0.05, 0.1) is 16.5 Å². The smallest absolute Gasteiger partial charge is 0.263 e. The Morgan fingerprint density at radius 2 is 1.69 bits per heavy atom. The molecule has 0 bridgehead atoms. The van der Waals surface area contributed by atoms with E-state index in [1.165, 1.54) is 12.3 Å². The molecule has 0 spiro atoms. The van der Waals surface area contributed by atoms with Crippen molar-refractivity contribution in [2.45, 2.75) is 4.90 Å². The van der Waals surface area contributed by atoms with Crippen molar-refractivity contribution in [1.82, 2.24) is 9.97 Å². The lowest BCUT2D eigenvalue weighted by Crippen LogP contribution is -2.14. The number of nitriles is 1. The second-order valence-corrected chi connectivity index (χ2v) is 6.82. The van der Waals surface area contributed by atoms with Crippen LogP contribution in [-0.4, -0.2) is 18.4 Å². The number of hydrogen-bond acceptors (Lipinski definition) is 6. The van der Waals surface area contributed by atoms with Gasteiger partial charge in [-0.05, 0) is 54.6 Å². The standard InChI is InChI=1S/C17H12FN5O2S/c18-13-3-7-15(8-4-13)26(24,25)23-16-9-10-20-17(22-16)21-14-5-1-12(11-19)2-6-14/h1-10H,(H2,20,21,22,23). The van der Waals surface area contributed by atoms with Crippen LogP contribution in [0.4, 0.5) is 21.8 Å². The number of nitrogens with zero attached hydrogens (tertiary/aromatic N) is 3. The maximum absolute atomic E-state index is 12.9. The molecule has 0 aliphatic carbocycles. The molecule has 1 aromatic heterocycles. The Bertz CT molecular complexity index is 1060. The normalized spacial score (nSPS) is 10.8. The highest BCUT2D eigenvalue weighted by Crippen LogP contribution is 2.18. The second kappa shape index (κ2) is 7.16.